The van der Waals surface area contributed by atoms with Gasteiger partial charge >= 0.3 is 17.9 Å². The van der Waals surface area contributed by atoms with Crippen molar-refractivity contribution in [3.8, 4) is 11.5 Å². The van der Waals surface area contributed by atoms with E-state index in [-0.39, 0.29) is 55.9 Å². The number of ketones is 3. The number of Topliss-reactive ketones (excluding diaryl/α,β-unsaturated/α-hetero) is 3. The van der Waals surface area contributed by atoms with E-state index in [1.54, 1.807) is 38.5 Å². The molecule has 14 nitrogen and oxygen atoms in total. The molecule has 4 rings (SSSR count). The number of esters is 3. The van der Waals surface area contributed by atoms with E-state index in [1.165, 1.54) is 20.8 Å². The van der Waals surface area contributed by atoms with E-state index < -0.39 is 60.8 Å². The molecule has 0 spiro atoms. The number of ether oxygens (including phenoxy) is 7. The monoisotopic (exact) mass is 776 g/mol. The van der Waals surface area contributed by atoms with Crippen molar-refractivity contribution >= 4 is 35.3 Å². The zero-order valence-electron chi connectivity index (χ0n) is 32.1. The number of methoxy groups -OCH3 is 2. The van der Waals surface area contributed by atoms with Crippen molar-refractivity contribution in [2.45, 2.75) is 95.6 Å². The number of benzene rings is 3. The number of carbonyl (C=O) groups is 6. The SMILES string of the molecule is COc1ccc(C(OC[C@H]2O[C@H](O)[C@@H](OC(=O)CCC(C)=O)[C@@H](OC(=O)CCC(C)=O)[C@@H]2OC(=O)CCC(C)=O)(c2ccccc2)c2ccc(OC)cc2)cc1. The third kappa shape index (κ3) is 11.5. The van der Waals surface area contributed by atoms with Crippen molar-refractivity contribution in [1.82, 2.24) is 0 Å². The Balaban J connectivity index is 1.83. The average Bonchev–Trinajstić information content (AvgIpc) is 3.19. The molecule has 0 saturated carbocycles. The van der Waals surface area contributed by atoms with E-state index in [4.69, 9.17) is 33.2 Å². The van der Waals surface area contributed by atoms with E-state index in [2.05, 4.69) is 0 Å². The molecule has 5 atom stereocenters. The highest BCUT2D eigenvalue weighted by Gasteiger charge is 2.53. The Morgan fingerprint density at radius 2 is 0.946 bits per heavy atom. The second-order valence-corrected chi connectivity index (χ2v) is 13.3. The molecule has 1 N–H and O–H groups in total. The maximum absolute atomic E-state index is 13.3. The Morgan fingerprint density at radius 1 is 0.554 bits per heavy atom. The Kier molecular flexibility index (Phi) is 15.8. The summed E-state index contributed by atoms with van der Waals surface area (Å²) in [5.41, 5.74) is 0.559. The quantitative estimate of drug-likeness (QED) is 0.0955. The summed E-state index contributed by atoms with van der Waals surface area (Å²) in [6, 6.07) is 23.6. The second kappa shape index (κ2) is 20.5. The molecule has 56 heavy (non-hydrogen) atoms. The molecule has 1 heterocycles. The van der Waals surface area contributed by atoms with Crippen molar-refractivity contribution in [3.05, 3.63) is 95.6 Å². The molecule has 300 valence electrons. The first-order valence-electron chi connectivity index (χ1n) is 18.2. The molecule has 0 bridgehead atoms. The number of carbonyl (C=O) groups excluding carboxylic acids is 6. The van der Waals surface area contributed by atoms with Gasteiger partial charge in [0.1, 0.15) is 40.6 Å². The van der Waals surface area contributed by atoms with Gasteiger partial charge < -0.3 is 52.6 Å². The average molecular weight is 777 g/mol. The number of aliphatic hydroxyl groups excluding tert-OH is 1. The van der Waals surface area contributed by atoms with Gasteiger partial charge in [-0.15, -0.1) is 0 Å². The third-order valence-electron chi connectivity index (χ3n) is 9.09. The van der Waals surface area contributed by atoms with Crippen molar-refractivity contribution in [1.29, 1.82) is 0 Å². The largest absolute Gasteiger partial charge is 0.497 e. The Labute approximate surface area is 325 Å². The predicted octanol–water partition coefficient (Wildman–Crippen LogP) is 4.57. The van der Waals surface area contributed by atoms with Gasteiger partial charge in [-0.2, -0.15) is 0 Å². The van der Waals surface area contributed by atoms with Crippen LogP contribution in [0.25, 0.3) is 0 Å². The number of hydrogen-bond acceptors (Lipinski definition) is 14. The lowest BCUT2D eigenvalue weighted by Gasteiger charge is -2.44. The summed E-state index contributed by atoms with van der Waals surface area (Å²) in [6.45, 7) is 3.46. The van der Waals surface area contributed by atoms with Crippen LogP contribution in [-0.2, 0) is 58.1 Å². The first-order chi connectivity index (χ1) is 26.8. The molecule has 1 fully saturated rings. The van der Waals surface area contributed by atoms with E-state index in [9.17, 15) is 33.9 Å². The second-order valence-electron chi connectivity index (χ2n) is 13.3. The van der Waals surface area contributed by atoms with Crippen LogP contribution in [0, 0.1) is 0 Å². The van der Waals surface area contributed by atoms with Crippen LogP contribution in [0.15, 0.2) is 78.9 Å². The molecule has 1 saturated heterocycles. The molecule has 3 aromatic rings. The summed E-state index contributed by atoms with van der Waals surface area (Å²) in [5, 5.41) is 11.4. The summed E-state index contributed by atoms with van der Waals surface area (Å²) in [7, 11) is 3.08. The van der Waals surface area contributed by atoms with Gasteiger partial charge in [-0.25, -0.2) is 0 Å². The normalized spacial score (nSPS) is 19.3. The fraction of sp³-hybridized carbons (Fsp3) is 0.429. The van der Waals surface area contributed by atoms with Crippen LogP contribution in [0.1, 0.15) is 76.0 Å². The summed E-state index contributed by atoms with van der Waals surface area (Å²) < 4.78 is 41.0. The highest BCUT2D eigenvalue weighted by molar-refractivity contribution is 5.82. The van der Waals surface area contributed by atoms with Gasteiger partial charge in [0.05, 0.1) is 40.1 Å². The molecule has 0 aliphatic carbocycles. The molecule has 3 aromatic carbocycles. The van der Waals surface area contributed by atoms with Gasteiger partial charge in [0.2, 0.25) is 0 Å². The fourth-order valence-electron chi connectivity index (χ4n) is 6.18. The van der Waals surface area contributed by atoms with E-state index >= 15 is 0 Å². The zero-order valence-corrected chi connectivity index (χ0v) is 32.1. The van der Waals surface area contributed by atoms with Crippen LogP contribution in [0.5, 0.6) is 11.5 Å². The van der Waals surface area contributed by atoms with Gasteiger partial charge in [0.25, 0.3) is 0 Å². The van der Waals surface area contributed by atoms with Gasteiger partial charge in [-0.1, -0.05) is 54.6 Å². The maximum atomic E-state index is 13.3. The van der Waals surface area contributed by atoms with Crippen LogP contribution in [0.2, 0.25) is 0 Å². The zero-order chi connectivity index (χ0) is 40.8. The molecule has 0 aromatic heterocycles. The number of hydrogen-bond donors (Lipinski definition) is 1. The maximum Gasteiger partial charge on any atom is 0.306 e. The predicted molar refractivity (Wildman–Crippen MR) is 199 cm³/mol. The van der Waals surface area contributed by atoms with Gasteiger partial charge in [-0.3, -0.25) is 14.4 Å². The van der Waals surface area contributed by atoms with Gasteiger partial charge in [0, 0.05) is 19.3 Å². The van der Waals surface area contributed by atoms with E-state index in [0.29, 0.717) is 28.2 Å². The van der Waals surface area contributed by atoms with Gasteiger partial charge in [-0.05, 0) is 61.7 Å². The van der Waals surface area contributed by atoms with Crippen LogP contribution in [0.4, 0.5) is 0 Å². The molecule has 0 radical (unpaired) electrons. The van der Waals surface area contributed by atoms with E-state index in [0.717, 1.165) is 0 Å². The third-order valence-corrected chi connectivity index (χ3v) is 9.09. The Morgan fingerprint density at radius 3 is 1.36 bits per heavy atom. The van der Waals surface area contributed by atoms with Crippen LogP contribution in [-0.4, -0.2) is 91.9 Å². The lowest BCUT2D eigenvalue weighted by molar-refractivity contribution is -0.300. The number of rotatable bonds is 20. The minimum absolute atomic E-state index is 0.158. The highest BCUT2D eigenvalue weighted by atomic mass is 16.7. The molecule has 1 aliphatic heterocycles. The van der Waals surface area contributed by atoms with Gasteiger partial charge in [0.15, 0.2) is 24.6 Å². The standard InChI is InChI=1S/C42H48O14/c1-26(43)11-22-35(46)54-38-34(53-41(49)40(56-37(48)24-13-28(3)45)39(38)55-36(47)23-12-27(2)44)25-52-42(29-9-7-6-8-10-29,30-14-18-32(50-4)19-15-30)31-16-20-33(51-5)21-17-31/h6-10,14-21,34,38-41,49H,11-13,22-25H2,1-5H3/t34-,38-,39+,40+,41+/m1/s1. The van der Waals surface area contributed by atoms with Crippen molar-refractivity contribution < 1.29 is 67.0 Å². The van der Waals surface area contributed by atoms with Crippen molar-refractivity contribution in [3.63, 3.8) is 0 Å². The first-order valence-corrected chi connectivity index (χ1v) is 18.2. The lowest BCUT2D eigenvalue weighted by Crippen LogP contribution is -2.62. The molecular formula is C42H48O14. The van der Waals surface area contributed by atoms with Crippen LogP contribution < -0.4 is 9.47 Å². The minimum Gasteiger partial charge on any atom is -0.497 e. The van der Waals surface area contributed by atoms with Crippen molar-refractivity contribution in [2.75, 3.05) is 20.8 Å². The fourth-order valence-corrected chi connectivity index (χ4v) is 6.18. The van der Waals surface area contributed by atoms with Crippen molar-refractivity contribution in [2.24, 2.45) is 0 Å². The number of aliphatic hydroxyl groups is 1. The molecule has 0 amide bonds. The molecule has 1 aliphatic rings. The Bertz CT molecular complexity index is 1760. The van der Waals surface area contributed by atoms with E-state index in [1.807, 2.05) is 54.6 Å². The summed E-state index contributed by atoms with van der Waals surface area (Å²) in [5.74, 6) is -2.41. The minimum atomic E-state index is -1.95. The summed E-state index contributed by atoms with van der Waals surface area (Å²) in [6.07, 6.45) is -9.90. The lowest BCUT2D eigenvalue weighted by atomic mass is 9.80. The first kappa shape index (κ1) is 43.3. The summed E-state index contributed by atoms with van der Waals surface area (Å²) >= 11 is 0. The smallest absolute Gasteiger partial charge is 0.306 e. The van der Waals surface area contributed by atoms with Crippen LogP contribution >= 0.6 is 0 Å². The molecule has 14 heteroatoms. The molecule has 0 unspecified atom stereocenters. The highest BCUT2D eigenvalue weighted by Crippen LogP contribution is 2.42. The Hall–Kier alpha value is -5.44. The summed E-state index contributed by atoms with van der Waals surface area (Å²) in [4.78, 5) is 74.5. The van der Waals surface area contributed by atoms with Crippen LogP contribution in [0.3, 0.4) is 0 Å². The molecular weight excluding hydrogens is 728 g/mol. The topological polar surface area (TPSA) is 187 Å².